The molecule has 114 valence electrons. The van der Waals surface area contributed by atoms with Crippen LogP contribution in [0.15, 0.2) is 48.5 Å². The number of nitrogens with zero attached hydrogens (tertiary/aromatic N) is 1. The second kappa shape index (κ2) is 6.01. The van der Waals surface area contributed by atoms with Crippen molar-refractivity contribution in [2.45, 2.75) is 25.9 Å². The minimum absolute atomic E-state index is 0.00281. The van der Waals surface area contributed by atoms with E-state index in [2.05, 4.69) is 0 Å². The molecule has 2 atom stereocenters. The zero-order chi connectivity index (χ0) is 15.7. The molecule has 1 amide bonds. The number of carbonyl (C=O) groups is 1. The first kappa shape index (κ1) is 14.9. The Morgan fingerprint density at radius 2 is 1.82 bits per heavy atom. The van der Waals surface area contributed by atoms with Crippen LogP contribution in [0.3, 0.4) is 0 Å². The summed E-state index contributed by atoms with van der Waals surface area (Å²) in [6, 6.07) is 14.9. The molecule has 4 heteroatoms. The lowest BCUT2D eigenvalue weighted by Crippen LogP contribution is -2.41. The molecule has 0 unspecified atom stereocenters. The maximum absolute atomic E-state index is 12.9. The number of hydrogen-bond donors (Lipinski definition) is 0. The monoisotopic (exact) mass is 315 g/mol. The van der Waals surface area contributed by atoms with E-state index in [4.69, 9.17) is 16.3 Å². The van der Waals surface area contributed by atoms with Gasteiger partial charge in [0.05, 0.1) is 12.1 Å². The first-order valence-electron chi connectivity index (χ1n) is 7.38. The van der Waals surface area contributed by atoms with Gasteiger partial charge in [0.2, 0.25) is 0 Å². The number of halogens is 1. The van der Waals surface area contributed by atoms with Gasteiger partial charge in [0.15, 0.2) is 0 Å². The summed E-state index contributed by atoms with van der Waals surface area (Å²) in [5.74, 6) is 0.852. The lowest BCUT2D eigenvalue weighted by Gasteiger charge is -2.32. The number of hydrogen-bond acceptors (Lipinski definition) is 2. The Labute approximate surface area is 135 Å². The topological polar surface area (TPSA) is 29.5 Å². The van der Waals surface area contributed by atoms with E-state index in [0.29, 0.717) is 17.2 Å². The van der Waals surface area contributed by atoms with Crippen LogP contribution in [-0.4, -0.2) is 23.5 Å². The van der Waals surface area contributed by atoms with Crippen molar-refractivity contribution in [3.8, 4) is 5.75 Å². The van der Waals surface area contributed by atoms with E-state index >= 15 is 0 Å². The molecular weight excluding hydrogens is 298 g/mol. The van der Waals surface area contributed by atoms with E-state index in [1.54, 1.807) is 24.3 Å². The van der Waals surface area contributed by atoms with Gasteiger partial charge in [0, 0.05) is 16.1 Å². The van der Waals surface area contributed by atoms with E-state index in [9.17, 15) is 4.79 Å². The van der Waals surface area contributed by atoms with Crippen LogP contribution in [0.4, 0.5) is 0 Å². The molecule has 0 bridgehead atoms. The zero-order valence-electron chi connectivity index (χ0n) is 12.6. The van der Waals surface area contributed by atoms with Gasteiger partial charge in [0.25, 0.3) is 5.91 Å². The largest absolute Gasteiger partial charge is 0.491 e. The summed E-state index contributed by atoms with van der Waals surface area (Å²) >= 11 is 5.91. The van der Waals surface area contributed by atoms with E-state index in [1.165, 1.54) is 0 Å². The van der Waals surface area contributed by atoms with Crippen molar-refractivity contribution in [3.05, 3.63) is 64.7 Å². The molecule has 0 saturated carbocycles. The molecule has 1 heterocycles. The number of amides is 1. The van der Waals surface area contributed by atoms with Gasteiger partial charge in [-0.2, -0.15) is 0 Å². The van der Waals surface area contributed by atoms with Crippen molar-refractivity contribution in [1.29, 1.82) is 0 Å². The molecule has 0 saturated heterocycles. The molecule has 22 heavy (non-hydrogen) atoms. The minimum Gasteiger partial charge on any atom is -0.491 e. The second-order valence-electron chi connectivity index (χ2n) is 5.59. The van der Waals surface area contributed by atoms with Crippen LogP contribution in [0, 0.1) is 0 Å². The SMILES string of the molecule is C[C@@H]1COc2ccccc2[C@H](C)N1C(=O)c1ccc(Cl)cc1. The van der Waals surface area contributed by atoms with E-state index in [1.807, 2.05) is 43.0 Å². The number of benzene rings is 2. The van der Waals surface area contributed by atoms with Crippen molar-refractivity contribution in [3.63, 3.8) is 0 Å². The molecule has 2 aromatic rings. The molecule has 1 aliphatic rings. The van der Waals surface area contributed by atoms with Crippen molar-refractivity contribution < 1.29 is 9.53 Å². The molecule has 0 N–H and O–H groups in total. The fraction of sp³-hybridized carbons (Fsp3) is 0.278. The van der Waals surface area contributed by atoms with Crippen LogP contribution in [0.1, 0.15) is 35.8 Å². The number of carbonyl (C=O) groups excluding carboxylic acids is 1. The summed E-state index contributed by atoms with van der Waals surface area (Å²) in [6.07, 6.45) is 0. The summed E-state index contributed by atoms with van der Waals surface area (Å²) in [4.78, 5) is 14.8. The van der Waals surface area contributed by atoms with E-state index in [0.717, 1.165) is 11.3 Å². The van der Waals surface area contributed by atoms with E-state index in [-0.39, 0.29) is 18.0 Å². The van der Waals surface area contributed by atoms with Gasteiger partial charge in [-0.1, -0.05) is 29.8 Å². The van der Waals surface area contributed by atoms with Gasteiger partial charge < -0.3 is 9.64 Å². The Bertz CT molecular complexity index is 684. The Hall–Kier alpha value is -2.00. The number of ether oxygens (including phenoxy) is 1. The number of rotatable bonds is 1. The first-order chi connectivity index (χ1) is 10.6. The molecule has 3 rings (SSSR count). The maximum Gasteiger partial charge on any atom is 0.254 e. The Morgan fingerprint density at radius 3 is 2.55 bits per heavy atom. The predicted molar refractivity (Wildman–Crippen MR) is 87.4 cm³/mol. The second-order valence-corrected chi connectivity index (χ2v) is 6.03. The summed E-state index contributed by atoms with van der Waals surface area (Å²) in [7, 11) is 0. The summed E-state index contributed by atoms with van der Waals surface area (Å²) in [6.45, 7) is 4.54. The molecule has 0 aromatic heterocycles. The molecular formula is C18H18ClNO2. The normalized spacial score (nSPS) is 20.8. The highest BCUT2D eigenvalue weighted by Gasteiger charge is 2.31. The van der Waals surface area contributed by atoms with Crippen LogP contribution < -0.4 is 4.74 Å². The van der Waals surface area contributed by atoms with Crippen molar-refractivity contribution in [1.82, 2.24) is 4.90 Å². The Kier molecular flexibility index (Phi) is 4.08. The Balaban J connectivity index is 1.97. The van der Waals surface area contributed by atoms with Crippen LogP contribution in [-0.2, 0) is 0 Å². The predicted octanol–water partition coefficient (Wildman–Crippen LogP) is 4.32. The van der Waals surface area contributed by atoms with Crippen molar-refractivity contribution in [2.75, 3.05) is 6.61 Å². The summed E-state index contributed by atoms with van der Waals surface area (Å²) < 4.78 is 5.85. The molecule has 0 aliphatic carbocycles. The van der Waals surface area contributed by atoms with Gasteiger partial charge in [-0.15, -0.1) is 0 Å². The van der Waals surface area contributed by atoms with Gasteiger partial charge in [-0.25, -0.2) is 0 Å². The Morgan fingerprint density at radius 1 is 1.14 bits per heavy atom. The average molecular weight is 316 g/mol. The molecule has 3 nitrogen and oxygen atoms in total. The van der Waals surface area contributed by atoms with Gasteiger partial charge in [-0.3, -0.25) is 4.79 Å². The van der Waals surface area contributed by atoms with Crippen LogP contribution >= 0.6 is 11.6 Å². The van der Waals surface area contributed by atoms with Gasteiger partial charge >= 0.3 is 0 Å². The lowest BCUT2D eigenvalue weighted by atomic mass is 10.0. The van der Waals surface area contributed by atoms with Crippen LogP contribution in [0.5, 0.6) is 5.75 Å². The van der Waals surface area contributed by atoms with Crippen LogP contribution in [0.2, 0.25) is 5.02 Å². The maximum atomic E-state index is 12.9. The van der Waals surface area contributed by atoms with Gasteiger partial charge in [0.1, 0.15) is 12.4 Å². The van der Waals surface area contributed by atoms with Gasteiger partial charge in [-0.05, 0) is 44.2 Å². The highest BCUT2D eigenvalue weighted by molar-refractivity contribution is 6.30. The zero-order valence-corrected chi connectivity index (χ0v) is 13.4. The third-order valence-corrected chi connectivity index (χ3v) is 4.32. The molecule has 0 spiro atoms. The first-order valence-corrected chi connectivity index (χ1v) is 7.75. The van der Waals surface area contributed by atoms with Crippen molar-refractivity contribution >= 4 is 17.5 Å². The molecule has 2 aromatic carbocycles. The fourth-order valence-electron chi connectivity index (χ4n) is 2.90. The smallest absolute Gasteiger partial charge is 0.254 e. The van der Waals surface area contributed by atoms with Crippen LogP contribution in [0.25, 0.3) is 0 Å². The summed E-state index contributed by atoms with van der Waals surface area (Å²) in [5, 5.41) is 0.627. The highest BCUT2D eigenvalue weighted by Crippen LogP contribution is 2.34. The standard InChI is InChI=1S/C18H18ClNO2/c1-12-11-22-17-6-4-3-5-16(17)13(2)20(12)18(21)14-7-9-15(19)10-8-14/h3-10,12-13H,11H2,1-2H3/t12-,13+/m1/s1. The third kappa shape index (κ3) is 2.69. The highest BCUT2D eigenvalue weighted by atomic mass is 35.5. The lowest BCUT2D eigenvalue weighted by molar-refractivity contribution is 0.0576. The quantitative estimate of drug-likeness (QED) is 0.784. The van der Waals surface area contributed by atoms with Crippen molar-refractivity contribution in [2.24, 2.45) is 0 Å². The molecule has 1 aliphatic heterocycles. The van der Waals surface area contributed by atoms with E-state index < -0.39 is 0 Å². The summed E-state index contributed by atoms with van der Waals surface area (Å²) in [5.41, 5.74) is 1.68. The minimum atomic E-state index is -0.0446. The molecule has 0 radical (unpaired) electrons. The number of para-hydroxylation sites is 1. The average Bonchev–Trinajstić information content (AvgIpc) is 2.65. The number of fused-ring (bicyclic) bond motifs is 1. The fourth-order valence-corrected chi connectivity index (χ4v) is 3.02. The molecule has 0 fully saturated rings. The third-order valence-electron chi connectivity index (χ3n) is 4.07.